The van der Waals surface area contributed by atoms with E-state index < -0.39 is 0 Å². The molecule has 0 aliphatic heterocycles. The van der Waals surface area contributed by atoms with Crippen molar-refractivity contribution in [1.29, 1.82) is 0 Å². The second-order valence-electron chi connectivity index (χ2n) is 4.58. The van der Waals surface area contributed by atoms with Gasteiger partial charge in [0.05, 0.1) is 6.10 Å². The molecule has 90 valence electrons. The van der Waals surface area contributed by atoms with Crippen LogP contribution < -0.4 is 0 Å². The van der Waals surface area contributed by atoms with E-state index in [0.717, 1.165) is 18.4 Å². The standard InChI is InChI=1S/C15H24O/c1-3-4-5-6-7-12-15(16)14-11-9-8-10-13(14)2/h8-11,15-16H,3-7,12H2,1-2H3. The highest BCUT2D eigenvalue weighted by Crippen LogP contribution is 2.22. The molecule has 1 N–H and O–H groups in total. The second-order valence-corrected chi connectivity index (χ2v) is 4.58. The Morgan fingerprint density at radius 1 is 1.06 bits per heavy atom. The maximum absolute atomic E-state index is 10.1. The fraction of sp³-hybridized carbons (Fsp3) is 0.600. The van der Waals surface area contributed by atoms with Crippen LogP contribution in [0.4, 0.5) is 0 Å². The Bertz CT molecular complexity index is 293. The van der Waals surface area contributed by atoms with E-state index >= 15 is 0 Å². The Morgan fingerprint density at radius 2 is 1.75 bits per heavy atom. The monoisotopic (exact) mass is 220 g/mol. The van der Waals surface area contributed by atoms with E-state index in [9.17, 15) is 5.11 Å². The molecule has 0 saturated heterocycles. The molecule has 0 radical (unpaired) electrons. The van der Waals surface area contributed by atoms with Gasteiger partial charge in [-0.25, -0.2) is 0 Å². The van der Waals surface area contributed by atoms with E-state index in [1.807, 2.05) is 18.2 Å². The molecule has 1 aromatic carbocycles. The van der Waals surface area contributed by atoms with Crippen LogP contribution in [0.2, 0.25) is 0 Å². The average molecular weight is 220 g/mol. The third-order valence-electron chi connectivity index (χ3n) is 3.13. The number of hydrogen-bond donors (Lipinski definition) is 1. The van der Waals surface area contributed by atoms with Gasteiger partial charge in [0.15, 0.2) is 0 Å². The Kier molecular flexibility index (Phi) is 6.17. The highest BCUT2D eigenvalue weighted by molar-refractivity contribution is 5.27. The molecule has 0 saturated carbocycles. The lowest BCUT2D eigenvalue weighted by atomic mass is 9.98. The summed E-state index contributed by atoms with van der Waals surface area (Å²) in [7, 11) is 0. The number of unbranched alkanes of at least 4 members (excludes halogenated alkanes) is 4. The minimum atomic E-state index is -0.275. The van der Waals surface area contributed by atoms with Gasteiger partial charge in [-0.1, -0.05) is 63.3 Å². The number of aliphatic hydroxyl groups is 1. The Hall–Kier alpha value is -0.820. The van der Waals surface area contributed by atoms with E-state index in [0.29, 0.717) is 0 Å². The van der Waals surface area contributed by atoms with Gasteiger partial charge in [0, 0.05) is 0 Å². The molecule has 0 fully saturated rings. The minimum absolute atomic E-state index is 0.275. The van der Waals surface area contributed by atoms with Gasteiger partial charge >= 0.3 is 0 Å². The third kappa shape index (κ3) is 4.36. The van der Waals surface area contributed by atoms with Crippen LogP contribution in [0, 0.1) is 6.92 Å². The first kappa shape index (κ1) is 13.2. The number of benzene rings is 1. The zero-order valence-electron chi connectivity index (χ0n) is 10.6. The Labute approximate surface area is 99.5 Å². The molecule has 0 spiro atoms. The zero-order chi connectivity index (χ0) is 11.8. The molecule has 1 atom stereocenters. The lowest BCUT2D eigenvalue weighted by Crippen LogP contribution is -1.99. The Morgan fingerprint density at radius 3 is 2.44 bits per heavy atom. The van der Waals surface area contributed by atoms with Crippen LogP contribution in [0.5, 0.6) is 0 Å². The molecule has 1 rings (SSSR count). The van der Waals surface area contributed by atoms with E-state index in [-0.39, 0.29) is 6.10 Å². The second kappa shape index (κ2) is 7.45. The van der Waals surface area contributed by atoms with Crippen molar-refractivity contribution in [2.24, 2.45) is 0 Å². The Balaban J connectivity index is 2.30. The molecule has 1 unspecified atom stereocenters. The fourth-order valence-electron chi connectivity index (χ4n) is 2.06. The van der Waals surface area contributed by atoms with E-state index in [1.54, 1.807) is 0 Å². The molecule has 1 aromatic rings. The SMILES string of the molecule is CCCCCCCC(O)c1ccccc1C. The van der Waals surface area contributed by atoms with Crippen molar-refractivity contribution < 1.29 is 5.11 Å². The van der Waals surface area contributed by atoms with Gasteiger partial charge in [0.2, 0.25) is 0 Å². The van der Waals surface area contributed by atoms with Gasteiger partial charge in [-0.15, -0.1) is 0 Å². The van der Waals surface area contributed by atoms with Gasteiger partial charge in [-0.3, -0.25) is 0 Å². The van der Waals surface area contributed by atoms with Crippen LogP contribution in [0.1, 0.15) is 62.7 Å². The molecular formula is C15H24O. The summed E-state index contributed by atoms with van der Waals surface area (Å²) >= 11 is 0. The molecule has 0 amide bonds. The summed E-state index contributed by atoms with van der Waals surface area (Å²) in [4.78, 5) is 0. The molecule has 0 bridgehead atoms. The van der Waals surface area contributed by atoms with Crippen LogP contribution in [0.15, 0.2) is 24.3 Å². The van der Waals surface area contributed by atoms with Crippen molar-refractivity contribution in [3.63, 3.8) is 0 Å². The minimum Gasteiger partial charge on any atom is -0.388 e. The van der Waals surface area contributed by atoms with Crippen molar-refractivity contribution in [2.75, 3.05) is 0 Å². The van der Waals surface area contributed by atoms with E-state index in [1.165, 1.54) is 31.2 Å². The maximum Gasteiger partial charge on any atom is 0.0792 e. The van der Waals surface area contributed by atoms with Crippen molar-refractivity contribution in [3.8, 4) is 0 Å². The summed E-state index contributed by atoms with van der Waals surface area (Å²) in [5, 5.41) is 10.1. The largest absolute Gasteiger partial charge is 0.388 e. The first-order valence-electron chi connectivity index (χ1n) is 6.49. The van der Waals surface area contributed by atoms with Gasteiger partial charge in [0.1, 0.15) is 0 Å². The lowest BCUT2D eigenvalue weighted by molar-refractivity contribution is 0.162. The molecule has 0 heterocycles. The summed E-state index contributed by atoms with van der Waals surface area (Å²) in [6.45, 7) is 4.29. The van der Waals surface area contributed by atoms with Crippen LogP contribution in [-0.2, 0) is 0 Å². The third-order valence-corrected chi connectivity index (χ3v) is 3.13. The average Bonchev–Trinajstić information content (AvgIpc) is 2.29. The zero-order valence-corrected chi connectivity index (χ0v) is 10.6. The summed E-state index contributed by atoms with van der Waals surface area (Å²) in [5.74, 6) is 0. The van der Waals surface area contributed by atoms with Crippen molar-refractivity contribution in [1.82, 2.24) is 0 Å². The molecule has 1 nitrogen and oxygen atoms in total. The van der Waals surface area contributed by atoms with Crippen LogP contribution in [0.3, 0.4) is 0 Å². The molecule has 0 aromatic heterocycles. The van der Waals surface area contributed by atoms with Gasteiger partial charge in [0.25, 0.3) is 0 Å². The number of aryl methyl sites for hydroxylation is 1. The highest BCUT2D eigenvalue weighted by Gasteiger charge is 2.08. The molecule has 0 aliphatic rings. The van der Waals surface area contributed by atoms with Crippen molar-refractivity contribution in [3.05, 3.63) is 35.4 Å². The van der Waals surface area contributed by atoms with Gasteiger partial charge in [-0.2, -0.15) is 0 Å². The highest BCUT2D eigenvalue weighted by atomic mass is 16.3. The normalized spacial score (nSPS) is 12.7. The van der Waals surface area contributed by atoms with Crippen LogP contribution in [-0.4, -0.2) is 5.11 Å². The van der Waals surface area contributed by atoms with Crippen molar-refractivity contribution in [2.45, 2.75) is 58.5 Å². The van der Waals surface area contributed by atoms with Gasteiger partial charge < -0.3 is 5.11 Å². The molecule has 0 aliphatic carbocycles. The molecule has 1 heteroatoms. The number of aliphatic hydroxyl groups excluding tert-OH is 1. The molecular weight excluding hydrogens is 196 g/mol. The first-order valence-corrected chi connectivity index (χ1v) is 6.49. The van der Waals surface area contributed by atoms with Crippen LogP contribution >= 0.6 is 0 Å². The summed E-state index contributed by atoms with van der Waals surface area (Å²) in [6, 6.07) is 8.12. The fourth-order valence-corrected chi connectivity index (χ4v) is 2.06. The summed E-state index contributed by atoms with van der Waals surface area (Å²) in [5.41, 5.74) is 2.29. The summed E-state index contributed by atoms with van der Waals surface area (Å²) < 4.78 is 0. The first-order chi connectivity index (χ1) is 7.75. The van der Waals surface area contributed by atoms with E-state index in [2.05, 4.69) is 19.9 Å². The predicted octanol–water partition coefficient (Wildman–Crippen LogP) is 4.39. The van der Waals surface area contributed by atoms with Crippen molar-refractivity contribution >= 4 is 0 Å². The summed E-state index contributed by atoms with van der Waals surface area (Å²) in [6.07, 6.45) is 6.90. The number of hydrogen-bond acceptors (Lipinski definition) is 1. The van der Waals surface area contributed by atoms with E-state index in [4.69, 9.17) is 0 Å². The quantitative estimate of drug-likeness (QED) is 0.676. The van der Waals surface area contributed by atoms with Gasteiger partial charge in [-0.05, 0) is 24.5 Å². The molecule has 16 heavy (non-hydrogen) atoms. The lowest BCUT2D eigenvalue weighted by Gasteiger charge is -2.13. The predicted molar refractivity (Wildman–Crippen MR) is 69.5 cm³/mol. The number of rotatable bonds is 7. The topological polar surface area (TPSA) is 20.2 Å². The smallest absolute Gasteiger partial charge is 0.0792 e. The maximum atomic E-state index is 10.1. The van der Waals surface area contributed by atoms with Crippen LogP contribution in [0.25, 0.3) is 0 Å².